The predicted molar refractivity (Wildman–Crippen MR) is 79.2 cm³/mol. The Morgan fingerprint density at radius 1 is 1.10 bits per heavy atom. The summed E-state index contributed by atoms with van der Waals surface area (Å²) in [6.07, 6.45) is 0.185. The molecule has 2 aromatic carbocycles. The van der Waals surface area contributed by atoms with Crippen LogP contribution in [0, 0.1) is 17.5 Å². The average Bonchev–Trinajstić information content (AvgIpc) is 2.39. The van der Waals surface area contributed by atoms with Gasteiger partial charge in [0.15, 0.2) is 0 Å². The van der Waals surface area contributed by atoms with E-state index in [0.717, 1.165) is 12.1 Å². The van der Waals surface area contributed by atoms with Crippen molar-refractivity contribution in [2.24, 2.45) is 5.84 Å². The molecule has 0 spiro atoms. The van der Waals surface area contributed by atoms with E-state index in [4.69, 9.17) is 17.4 Å². The van der Waals surface area contributed by atoms with Crippen LogP contribution in [-0.2, 0) is 6.42 Å². The number of benzene rings is 2. The molecule has 2 nitrogen and oxygen atoms in total. The molecule has 112 valence electrons. The van der Waals surface area contributed by atoms with Crippen LogP contribution in [0.25, 0.3) is 0 Å². The summed E-state index contributed by atoms with van der Waals surface area (Å²) in [7, 11) is 0. The Morgan fingerprint density at radius 3 is 2.43 bits per heavy atom. The molecule has 0 saturated heterocycles. The minimum absolute atomic E-state index is 0.0276. The highest BCUT2D eigenvalue weighted by Gasteiger charge is 2.18. The van der Waals surface area contributed by atoms with Crippen LogP contribution in [0.15, 0.2) is 34.8 Å². The Balaban J connectivity index is 2.34. The van der Waals surface area contributed by atoms with Gasteiger partial charge in [0.05, 0.1) is 11.1 Å². The lowest BCUT2D eigenvalue weighted by Crippen LogP contribution is -2.30. The van der Waals surface area contributed by atoms with Crippen molar-refractivity contribution in [3.63, 3.8) is 0 Å². The summed E-state index contributed by atoms with van der Waals surface area (Å²) >= 11 is 8.69. The number of nitrogens with two attached hydrogens (primary N) is 1. The van der Waals surface area contributed by atoms with Crippen molar-refractivity contribution in [3.8, 4) is 0 Å². The number of hydrogen-bond acceptors (Lipinski definition) is 2. The molecule has 0 aliphatic carbocycles. The normalized spacial score (nSPS) is 12.5. The van der Waals surface area contributed by atoms with Gasteiger partial charge in [0.2, 0.25) is 0 Å². The van der Waals surface area contributed by atoms with Crippen LogP contribution in [0.4, 0.5) is 13.2 Å². The molecule has 2 aromatic rings. The van der Waals surface area contributed by atoms with E-state index in [1.807, 2.05) is 0 Å². The molecule has 0 saturated carbocycles. The minimum atomic E-state index is -0.742. The van der Waals surface area contributed by atoms with Crippen LogP contribution >= 0.6 is 27.5 Å². The lowest BCUT2D eigenvalue weighted by molar-refractivity contribution is 0.501. The number of hydrazine groups is 1. The SMILES string of the molecule is NNC(Cc1cc(F)cc(Br)c1)c1cc(F)c(Cl)cc1F. The smallest absolute Gasteiger partial charge is 0.142 e. The van der Waals surface area contributed by atoms with E-state index in [0.29, 0.717) is 10.0 Å². The Morgan fingerprint density at radius 2 is 1.81 bits per heavy atom. The van der Waals surface area contributed by atoms with Gasteiger partial charge >= 0.3 is 0 Å². The quantitative estimate of drug-likeness (QED) is 0.473. The fourth-order valence-electron chi connectivity index (χ4n) is 2.03. The predicted octanol–water partition coefficient (Wildman–Crippen LogP) is 4.27. The third-order valence-corrected chi connectivity index (χ3v) is 3.73. The molecule has 0 amide bonds. The van der Waals surface area contributed by atoms with Gasteiger partial charge in [-0.3, -0.25) is 11.3 Å². The van der Waals surface area contributed by atoms with Crippen molar-refractivity contribution < 1.29 is 13.2 Å². The van der Waals surface area contributed by atoms with Crippen molar-refractivity contribution >= 4 is 27.5 Å². The third kappa shape index (κ3) is 3.97. The highest BCUT2D eigenvalue weighted by atomic mass is 79.9. The molecule has 0 aliphatic rings. The first-order valence-corrected chi connectivity index (χ1v) is 7.13. The van der Waals surface area contributed by atoms with E-state index in [1.54, 1.807) is 6.07 Å². The maximum absolute atomic E-state index is 13.9. The van der Waals surface area contributed by atoms with Crippen molar-refractivity contribution in [2.45, 2.75) is 12.5 Å². The summed E-state index contributed by atoms with van der Waals surface area (Å²) in [5.74, 6) is 3.55. The summed E-state index contributed by atoms with van der Waals surface area (Å²) in [6.45, 7) is 0. The largest absolute Gasteiger partial charge is 0.271 e. The summed E-state index contributed by atoms with van der Waals surface area (Å²) in [4.78, 5) is 0. The second kappa shape index (κ2) is 6.79. The van der Waals surface area contributed by atoms with Gasteiger partial charge in [0, 0.05) is 10.0 Å². The summed E-state index contributed by atoms with van der Waals surface area (Å²) < 4.78 is 41.3. The molecule has 21 heavy (non-hydrogen) atoms. The van der Waals surface area contributed by atoms with Crippen LogP contribution in [0.1, 0.15) is 17.2 Å². The molecule has 0 bridgehead atoms. The van der Waals surface area contributed by atoms with Gasteiger partial charge in [-0.15, -0.1) is 0 Å². The van der Waals surface area contributed by atoms with Crippen molar-refractivity contribution in [1.82, 2.24) is 5.43 Å². The second-order valence-electron chi connectivity index (χ2n) is 4.49. The zero-order chi connectivity index (χ0) is 15.6. The van der Waals surface area contributed by atoms with E-state index in [-0.39, 0.29) is 17.0 Å². The van der Waals surface area contributed by atoms with Gasteiger partial charge < -0.3 is 0 Å². The molecule has 0 heterocycles. The van der Waals surface area contributed by atoms with E-state index in [9.17, 15) is 13.2 Å². The second-order valence-corrected chi connectivity index (χ2v) is 5.81. The van der Waals surface area contributed by atoms with Gasteiger partial charge in [-0.05, 0) is 42.3 Å². The molecule has 2 rings (SSSR count). The number of hydrogen-bond donors (Lipinski definition) is 2. The first-order chi connectivity index (χ1) is 9.90. The topological polar surface area (TPSA) is 38.0 Å². The Hall–Kier alpha value is -1.08. The molecule has 0 fully saturated rings. The molecule has 0 aliphatic heterocycles. The minimum Gasteiger partial charge on any atom is -0.271 e. The van der Waals surface area contributed by atoms with Crippen LogP contribution in [0.5, 0.6) is 0 Å². The third-order valence-electron chi connectivity index (χ3n) is 2.98. The standard InChI is InChI=1S/C14H11BrClF3N2/c15-8-1-7(2-9(17)4-8)3-14(21-20)10-5-13(19)11(16)6-12(10)18/h1-2,4-6,14,21H,3,20H2. The maximum atomic E-state index is 13.9. The summed E-state index contributed by atoms with van der Waals surface area (Å²) in [5.41, 5.74) is 3.02. The molecule has 1 unspecified atom stereocenters. The van der Waals surface area contributed by atoms with Gasteiger partial charge in [-0.1, -0.05) is 27.5 Å². The monoisotopic (exact) mass is 378 g/mol. The lowest BCUT2D eigenvalue weighted by Gasteiger charge is -2.18. The molecule has 7 heteroatoms. The number of nitrogens with one attached hydrogen (secondary N) is 1. The fraction of sp³-hybridized carbons (Fsp3) is 0.143. The van der Waals surface area contributed by atoms with Gasteiger partial charge in [-0.2, -0.15) is 0 Å². The van der Waals surface area contributed by atoms with Crippen LogP contribution in [0.2, 0.25) is 5.02 Å². The fourth-order valence-corrected chi connectivity index (χ4v) is 2.69. The van der Waals surface area contributed by atoms with Crippen LogP contribution < -0.4 is 11.3 Å². The lowest BCUT2D eigenvalue weighted by atomic mass is 9.98. The Bertz CT molecular complexity index is 647. The van der Waals surface area contributed by atoms with E-state index in [1.165, 1.54) is 12.1 Å². The van der Waals surface area contributed by atoms with Crippen molar-refractivity contribution in [3.05, 3.63) is 68.4 Å². The maximum Gasteiger partial charge on any atom is 0.142 e. The van der Waals surface area contributed by atoms with Crippen LogP contribution in [-0.4, -0.2) is 0 Å². The highest BCUT2D eigenvalue weighted by molar-refractivity contribution is 9.10. The van der Waals surface area contributed by atoms with Crippen LogP contribution in [0.3, 0.4) is 0 Å². The molecular weight excluding hydrogens is 369 g/mol. The number of halogens is 5. The van der Waals surface area contributed by atoms with Crippen molar-refractivity contribution in [1.29, 1.82) is 0 Å². The van der Waals surface area contributed by atoms with Gasteiger partial charge in [0.25, 0.3) is 0 Å². The first kappa shape index (κ1) is 16.3. The Kier molecular flexibility index (Phi) is 5.27. The zero-order valence-electron chi connectivity index (χ0n) is 10.6. The molecule has 0 radical (unpaired) electrons. The van der Waals surface area contributed by atoms with E-state index < -0.39 is 23.5 Å². The number of rotatable bonds is 4. The summed E-state index contributed by atoms with van der Waals surface area (Å²) in [5, 5.41) is -0.305. The van der Waals surface area contributed by atoms with Crippen molar-refractivity contribution in [2.75, 3.05) is 0 Å². The highest BCUT2D eigenvalue weighted by Crippen LogP contribution is 2.27. The van der Waals surface area contributed by atoms with E-state index in [2.05, 4.69) is 21.4 Å². The van der Waals surface area contributed by atoms with Gasteiger partial charge in [0.1, 0.15) is 17.5 Å². The first-order valence-electron chi connectivity index (χ1n) is 5.96. The summed E-state index contributed by atoms with van der Waals surface area (Å²) in [6, 6.07) is 5.44. The van der Waals surface area contributed by atoms with Gasteiger partial charge in [-0.25, -0.2) is 13.2 Å². The molecule has 0 aromatic heterocycles. The zero-order valence-corrected chi connectivity index (χ0v) is 13.0. The average molecular weight is 380 g/mol. The van der Waals surface area contributed by atoms with E-state index >= 15 is 0 Å². The Labute approximate surface area is 133 Å². The molecule has 3 N–H and O–H groups in total. The molecular formula is C14H11BrClF3N2. The molecule has 1 atom stereocenters.